The van der Waals surface area contributed by atoms with E-state index in [0.717, 1.165) is 24.8 Å². The minimum absolute atomic E-state index is 0.00897. The molecule has 0 aromatic carbocycles. The predicted molar refractivity (Wildman–Crippen MR) is 103 cm³/mol. The van der Waals surface area contributed by atoms with E-state index in [1.54, 1.807) is 13.0 Å². The fourth-order valence-corrected chi connectivity index (χ4v) is 5.95. The summed E-state index contributed by atoms with van der Waals surface area (Å²) in [6, 6.07) is 0. The van der Waals surface area contributed by atoms with E-state index in [1.807, 2.05) is 6.92 Å². The molecule has 0 spiro atoms. The van der Waals surface area contributed by atoms with Gasteiger partial charge in [-0.1, -0.05) is 51.5 Å². The summed E-state index contributed by atoms with van der Waals surface area (Å²) in [6.45, 7) is 15.5. The van der Waals surface area contributed by atoms with Gasteiger partial charge in [0, 0.05) is 12.8 Å². The zero-order chi connectivity index (χ0) is 19.9. The van der Waals surface area contributed by atoms with Crippen molar-refractivity contribution >= 4 is 5.97 Å². The maximum absolute atomic E-state index is 11.8. The third-order valence-electron chi connectivity index (χ3n) is 7.13. The van der Waals surface area contributed by atoms with Crippen LogP contribution in [0.2, 0.25) is 0 Å². The smallest absolute Gasteiger partial charge is 0.303 e. The molecule has 0 bridgehead atoms. The molecule has 2 fully saturated rings. The van der Waals surface area contributed by atoms with Gasteiger partial charge in [0.1, 0.15) is 12.2 Å². The van der Waals surface area contributed by atoms with Gasteiger partial charge in [0.25, 0.3) is 0 Å². The van der Waals surface area contributed by atoms with Crippen molar-refractivity contribution in [1.82, 2.24) is 0 Å². The van der Waals surface area contributed by atoms with E-state index >= 15 is 0 Å². The molecule has 0 heterocycles. The predicted octanol–water partition coefficient (Wildman–Crippen LogP) is 4.01. The molecule has 0 unspecified atom stereocenters. The van der Waals surface area contributed by atoms with Crippen molar-refractivity contribution in [3.63, 3.8) is 0 Å². The number of carbonyl (C=O) groups is 1. The van der Waals surface area contributed by atoms with Crippen LogP contribution in [-0.2, 0) is 9.53 Å². The highest BCUT2D eigenvalue weighted by atomic mass is 16.6. The molecule has 2 aliphatic rings. The Morgan fingerprint density at radius 2 is 1.85 bits per heavy atom. The summed E-state index contributed by atoms with van der Waals surface area (Å²) in [5, 5.41) is 22.4. The van der Waals surface area contributed by atoms with Gasteiger partial charge in [-0.2, -0.15) is 0 Å². The summed E-state index contributed by atoms with van der Waals surface area (Å²) in [7, 11) is 0. The SMILES string of the molecule is C=C/C(C)=C/C[C@@H]1[C@@](C)(O)[C@H](O)[C@@H](OC(C)=O)[C@@H]2C(C)(C)CCC[C@]21C. The monoisotopic (exact) mass is 364 g/mol. The van der Waals surface area contributed by atoms with Crippen molar-refractivity contribution in [3.8, 4) is 0 Å². The highest BCUT2D eigenvalue weighted by Gasteiger charge is 2.66. The first kappa shape index (κ1) is 21.2. The summed E-state index contributed by atoms with van der Waals surface area (Å²) < 4.78 is 5.62. The van der Waals surface area contributed by atoms with Gasteiger partial charge < -0.3 is 14.9 Å². The highest BCUT2D eigenvalue weighted by molar-refractivity contribution is 5.66. The van der Waals surface area contributed by atoms with Crippen LogP contribution in [0, 0.1) is 22.7 Å². The molecule has 0 aromatic heterocycles. The molecular formula is C22H36O4. The Bertz CT molecular complexity index is 589. The standard InChI is InChI=1S/C22H36O4/c1-8-14(2)10-11-16-21(6)13-9-12-20(4,5)18(21)17(26-15(3)23)19(24)22(16,7)25/h8,10,16-19,24-25H,1,9,11-13H2,2-7H3/b14-10+/t16-,17-,18+,19+,21-,22+/m0/s1. The van der Waals surface area contributed by atoms with Gasteiger partial charge in [0.2, 0.25) is 0 Å². The van der Waals surface area contributed by atoms with Gasteiger partial charge in [-0.3, -0.25) is 4.79 Å². The van der Waals surface area contributed by atoms with E-state index in [9.17, 15) is 15.0 Å². The lowest BCUT2D eigenvalue weighted by molar-refractivity contribution is -0.270. The Morgan fingerprint density at radius 1 is 1.23 bits per heavy atom. The van der Waals surface area contributed by atoms with E-state index < -0.39 is 23.8 Å². The number of esters is 1. The molecular weight excluding hydrogens is 328 g/mol. The zero-order valence-electron chi connectivity index (χ0n) is 17.2. The first-order valence-corrected chi connectivity index (χ1v) is 9.75. The van der Waals surface area contributed by atoms with Crippen LogP contribution < -0.4 is 0 Å². The third-order valence-corrected chi connectivity index (χ3v) is 7.13. The van der Waals surface area contributed by atoms with E-state index in [4.69, 9.17) is 4.74 Å². The van der Waals surface area contributed by atoms with Gasteiger partial charge in [-0.15, -0.1) is 0 Å². The van der Waals surface area contributed by atoms with Crippen molar-refractivity contribution < 1.29 is 19.7 Å². The molecule has 4 nitrogen and oxygen atoms in total. The van der Waals surface area contributed by atoms with Crippen molar-refractivity contribution in [2.75, 3.05) is 0 Å². The third kappa shape index (κ3) is 3.50. The Labute approximate surface area is 158 Å². The summed E-state index contributed by atoms with van der Waals surface area (Å²) in [6.07, 6.45) is 5.81. The number of aliphatic hydroxyl groups is 2. The Kier molecular flexibility index (Phi) is 5.80. The number of allylic oxidation sites excluding steroid dienone is 3. The van der Waals surface area contributed by atoms with Gasteiger partial charge in [-0.25, -0.2) is 0 Å². The van der Waals surface area contributed by atoms with Crippen molar-refractivity contribution in [3.05, 3.63) is 24.3 Å². The van der Waals surface area contributed by atoms with Gasteiger partial charge in [-0.05, 0) is 49.9 Å². The van der Waals surface area contributed by atoms with Crippen LogP contribution in [0.15, 0.2) is 24.3 Å². The second-order valence-corrected chi connectivity index (χ2v) is 9.51. The van der Waals surface area contributed by atoms with E-state index in [2.05, 4.69) is 33.4 Å². The van der Waals surface area contributed by atoms with Crippen LogP contribution in [-0.4, -0.2) is 34.0 Å². The van der Waals surface area contributed by atoms with Crippen LogP contribution >= 0.6 is 0 Å². The lowest BCUT2D eigenvalue weighted by Crippen LogP contribution is -2.70. The molecule has 6 atom stereocenters. The van der Waals surface area contributed by atoms with Crippen LogP contribution in [0.3, 0.4) is 0 Å². The van der Waals surface area contributed by atoms with E-state index in [1.165, 1.54) is 6.92 Å². The summed E-state index contributed by atoms with van der Waals surface area (Å²) in [5.41, 5.74) is -0.591. The average molecular weight is 365 g/mol. The van der Waals surface area contributed by atoms with E-state index in [-0.39, 0.29) is 22.7 Å². The van der Waals surface area contributed by atoms with Crippen LogP contribution in [0.4, 0.5) is 0 Å². The zero-order valence-corrected chi connectivity index (χ0v) is 17.2. The molecule has 148 valence electrons. The van der Waals surface area contributed by atoms with Crippen molar-refractivity contribution in [2.24, 2.45) is 22.7 Å². The molecule has 0 saturated heterocycles. The Morgan fingerprint density at radius 3 is 2.38 bits per heavy atom. The second kappa shape index (κ2) is 7.12. The fourth-order valence-electron chi connectivity index (χ4n) is 5.95. The maximum atomic E-state index is 11.8. The Hall–Kier alpha value is -1.13. The van der Waals surface area contributed by atoms with Crippen LogP contribution in [0.5, 0.6) is 0 Å². The molecule has 4 heteroatoms. The van der Waals surface area contributed by atoms with Crippen LogP contribution in [0.1, 0.15) is 67.2 Å². The Balaban J connectivity index is 2.56. The van der Waals surface area contributed by atoms with Gasteiger partial charge >= 0.3 is 5.97 Å². The molecule has 2 saturated carbocycles. The first-order chi connectivity index (χ1) is 11.9. The van der Waals surface area contributed by atoms with Gasteiger partial charge in [0.05, 0.1) is 5.60 Å². The summed E-state index contributed by atoms with van der Waals surface area (Å²) in [4.78, 5) is 11.8. The van der Waals surface area contributed by atoms with Crippen molar-refractivity contribution in [1.29, 1.82) is 0 Å². The van der Waals surface area contributed by atoms with Crippen molar-refractivity contribution in [2.45, 2.75) is 85.0 Å². The molecule has 0 radical (unpaired) electrons. The number of ether oxygens (including phenoxy) is 1. The topological polar surface area (TPSA) is 66.8 Å². The first-order valence-electron chi connectivity index (χ1n) is 9.75. The molecule has 2 rings (SSSR count). The molecule has 2 N–H and O–H groups in total. The highest BCUT2D eigenvalue weighted by Crippen LogP contribution is 2.63. The molecule has 0 aliphatic heterocycles. The minimum Gasteiger partial charge on any atom is -0.459 e. The largest absolute Gasteiger partial charge is 0.459 e. The maximum Gasteiger partial charge on any atom is 0.303 e. The number of hydrogen-bond acceptors (Lipinski definition) is 4. The second-order valence-electron chi connectivity index (χ2n) is 9.51. The number of hydrogen-bond donors (Lipinski definition) is 2. The number of aliphatic hydroxyl groups excluding tert-OH is 1. The van der Waals surface area contributed by atoms with Crippen LogP contribution in [0.25, 0.3) is 0 Å². The number of carbonyl (C=O) groups excluding carboxylic acids is 1. The summed E-state index contributed by atoms with van der Waals surface area (Å²) in [5.74, 6) is -0.545. The fraction of sp³-hybridized carbons (Fsp3) is 0.773. The molecule has 0 amide bonds. The molecule has 0 aromatic rings. The van der Waals surface area contributed by atoms with Gasteiger partial charge in [0.15, 0.2) is 0 Å². The van der Waals surface area contributed by atoms with E-state index in [0.29, 0.717) is 6.42 Å². The molecule has 2 aliphatic carbocycles. The number of rotatable bonds is 4. The summed E-state index contributed by atoms with van der Waals surface area (Å²) >= 11 is 0. The quantitative estimate of drug-likeness (QED) is 0.584. The minimum atomic E-state index is -1.34. The lowest BCUT2D eigenvalue weighted by Gasteiger charge is -2.64. The molecule has 26 heavy (non-hydrogen) atoms. The average Bonchev–Trinajstić information content (AvgIpc) is 2.50. The normalized spacial score (nSPS) is 42.7. The number of fused-ring (bicyclic) bond motifs is 1. The lowest BCUT2D eigenvalue weighted by atomic mass is 9.43.